The highest BCUT2D eigenvalue weighted by atomic mass is 16.2. The first kappa shape index (κ1) is 11.2. The van der Waals surface area contributed by atoms with E-state index in [0.29, 0.717) is 11.3 Å². The van der Waals surface area contributed by atoms with Gasteiger partial charge in [0.1, 0.15) is 11.6 Å². The van der Waals surface area contributed by atoms with Crippen LogP contribution in [-0.2, 0) is 4.79 Å². The van der Waals surface area contributed by atoms with E-state index in [-0.39, 0.29) is 11.5 Å². The number of fused-ring (bicyclic) bond motifs is 1. The van der Waals surface area contributed by atoms with Crippen molar-refractivity contribution in [1.82, 2.24) is 20.6 Å². The molecule has 0 saturated heterocycles. The van der Waals surface area contributed by atoms with Crippen molar-refractivity contribution >= 4 is 23.1 Å². The number of aromatic amines is 1. The van der Waals surface area contributed by atoms with E-state index in [1.807, 2.05) is 0 Å². The maximum absolute atomic E-state index is 12.3. The van der Waals surface area contributed by atoms with Gasteiger partial charge >= 0.3 is 0 Å². The molecule has 0 radical (unpaired) electrons. The van der Waals surface area contributed by atoms with Gasteiger partial charge in [-0.3, -0.25) is 9.59 Å². The molecule has 2 aromatic rings. The molecule has 1 aromatic heterocycles. The number of hydrogen-bond acceptors (Lipinski definition) is 6. The number of nitrogens with one attached hydrogen (secondary N) is 1. The number of Topliss-reactive ketones (excluding diaryl/α,β-unsaturated/α-hetero) is 1. The lowest BCUT2D eigenvalue weighted by Crippen LogP contribution is -2.39. The third-order valence-electron chi connectivity index (χ3n) is 2.82. The summed E-state index contributed by atoms with van der Waals surface area (Å²) in [5.41, 5.74) is 6.26. The Kier molecular flexibility index (Phi) is 2.41. The van der Waals surface area contributed by atoms with E-state index in [4.69, 9.17) is 5.73 Å². The first-order valence-corrected chi connectivity index (χ1v) is 5.43. The molecule has 1 aromatic carbocycles. The number of tetrazole rings is 1. The van der Waals surface area contributed by atoms with Crippen molar-refractivity contribution in [3.05, 3.63) is 35.7 Å². The Bertz CT molecular complexity index is 691. The number of primary amides is 1. The number of aromatic nitrogens is 4. The van der Waals surface area contributed by atoms with Crippen molar-refractivity contribution < 1.29 is 9.59 Å². The average Bonchev–Trinajstić information content (AvgIpc) is 2.92. The van der Waals surface area contributed by atoms with Gasteiger partial charge in [0, 0.05) is 5.56 Å². The highest BCUT2D eigenvalue weighted by Gasteiger charge is 2.37. The monoisotopic (exact) mass is 256 g/mol. The highest BCUT2D eigenvalue weighted by Crippen LogP contribution is 2.29. The van der Waals surface area contributed by atoms with Crippen molar-refractivity contribution in [3.63, 3.8) is 0 Å². The van der Waals surface area contributed by atoms with Crippen LogP contribution < -0.4 is 5.73 Å². The average molecular weight is 256 g/mol. The number of carbonyl (C=O) groups excluding carboxylic acids is 2. The smallest absolute Gasteiger partial charge is 0.234 e. The van der Waals surface area contributed by atoms with E-state index in [1.54, 1.807) is 24.3 Å². The second-order valence-corrected chi connectivity index (χ2v) is 3.96. The molecule has 0 spiro atoms. The molecule has 94 valence electrons. The highest BCUT2D eigenvalue weighted by molar-refractivity contribution is 6.31. The number of nitrogens with two attached hydrogens (primary N) is 1. The van der Waals surface area contributed by atoms with Gasteiger partial charge in [-0.2, -0.15) is 0 Å². The number of rotatable bonds is 2. The number of amides is 1. The fourth-order valence-corrected chi connectivity index (χ4v) is 1.97. The molecule has 0 saturated carbocycles. The third-order valence-corrected chi connectivity index (χ3v) is 2.82. The van der Waals surface area contributed by atoms with Gasteiger partial charge in [-0.15, -0.1) is 5.10 Å². The zero-order valence-electron chi connectivity index (χ0n) is 9.57. The predicted molar refractivity (Wildman–Crippen MR) is 63.8 cm³/mol. The molecule has 3 N–H and O–H groups in total. The van der Waals surface area contributed by atoms with Crippen molar-refractivity contribution in [3.8, 4) is 0 Å². The molecule has 0 fully saturated rings. The van der Waals surface area contributed by atoms with Crippen LogP contribution in [-0.4, -0.2) is 38.0 Å². The molecule has 8 nitrogen and oxygen atoms in total. The lowest BCUT2D eigenvalue weighted by Gasteiger charge is -2.19. The van der Waals surface area contributed by atoms with Crippen molar-refractivity contribution in [2.75, 3.05) is 0 Å². The summed E-state index contributed by atoms with van der Waals surface area (Å²) >= 11 is 0. The molecular weight excluding hydrogens is 248 g/mol. The minimum atomic E-state index is -1.18. The molecule has 0 bridgehead atoms. The third kappa shape index (κ3) is 1.69. The van der Waals surface area contributed by atoms with Gasteiger partial charge in [-0.25, -0.2) is 10.1 Å². The number of benzene rings is 1. The first-order valence-electron chi connectivity index (χ1n) is 5.43. The number of carbonyl (C=O) groups is 2. The Balaban J connectivity index is 2.23. The largest absolute Gasteiger partial charge is 0.369 e. The van der Waals surface area contributed by atoms with Gasteiger partial charge in [0.15, 0.2) is 11.6 Å². The topological polar surface area (TPSA) is 127 Å². The Morgan fingerprint density at radius 3 is 2.79 bits per heavy atom. The van der Waals surface area contributed by atoms with Gasteiger partial charge in [-0.05, 0) is 22.6 Å². The predicted octanol–water partition coefficient (Wildman–Crippen LogP) is -0.382. The van der Waals surface area contributed by atoms with E-state index >= 15 is 0 Å². The summed E-state index contributed by atoms with van der Waals surface area (Å²) in [5.74, 6) is -2.20. The molecule has 1 aliphatic heterocycles. The summed E-state index contributed by atoms with van der Waals surface area (Å²) in [6.07, 6.45) is 0. The molecule has 1 atom stereocenters. The molecule has 0 aliphatic carbocycles. The van der Waals surface area contributed by atoms with E-state index < -0.39 is 17.6 Å². The summed E-state index contributed by atoms with van der Waals surface area (Å²) in [7, 11) is 0. The maximum atomic E-state index is 12.3. The van der Waals surface area contributed by atoms with Crippen LogP contribution in [0.1, 0.15) is 16.2 Å². The van der Waals surface area contributed by atoms with Crippen molar-refractivity contribution in [2.45, 2.75) is 0 Å². The molecular formula is C11H8N6O2. The summed E-state index contributed by atoms with van der Waals surface area (Å²) in [6.45, 7) is 0. The molecule has 1 unspecified atom stereocenters. The number of nitrogens with zero attached hydrogens (tertiary/aromatic N) is 4. The second kappa shape index (κ2) is 4.09. The molecule has 1 aliphatic rings. The number of H-pyrrole nitrogens is 1. The molecule has 1 amide bonds. The minimum absolute atomic E-state index is 0.140. The molecule has 3 rings (SSSR count). The maximum Gasteiger partial charge on any atom is 0.234 e. The van der Waals surface area contributed by atoms with Crippen molar-refractivity contribution in [1.29, 1.82) is 0 Å². The van der Waals surface area contributed by atoms with Gasteiger partial charge in [-0.1, -0.05) is 12.1 Å². The van der Waals surface area contributed by atoms with Gasteiger partial charge in [0.25, 0.3) is 0 Å². The Morgan fingerprint density at radius 1 is 1.32 bits per heavy atom. The van der Waals surface area contributed by atoms with E-state index in [0.717, 1.165) is 0 Å². The van der Waals surface area contributed by atoms with E-state index in [9.17, 15) is 9.59 Å². The van der Waals surface area contributed by atoms with Crippen LogP contribution in [0.4, 0.5) is 5.69 Å². The normalized spacial score (nSPS) is 17.8. The van der Waals surface area contributed by atoms with Gasteiger partial charge < -0.3 is 5.73 Å². The lowest BCUT2D eigenvalue weighted by atomic mass is 9.88. The van der Waals surface area contributed by atoms with Crippen LogP contribution in [0, 0.1) is 5.92 Å². The number of ketones is 1. The Hall–Kier alpha value is -2.90. The van der Waals surface area contributed by atoms with E-state index in [2.05, 4.69) is 25.6 Å². The minimum Gasteiger partial charge on any atom is -0.369 e. The fourth-order valence-electron chi connectivity index (χ4n) is 1.97. The summed E-state index contributed by atoms with van der Waals surface area (Å²) in [6, 6.07) is 6.72. The number of aliphatic imine (C=N–C) groups is 1. The Morgan fingerprint density at radius 2 is 2.11 bits per heavy atom. The summed E-state index contributed by atoms with van der Waals surface area (Å²) in [4.78, 5) is 28.1. The summed E-state index contributed by atoms with van der Waals surface area (Å²) < 4.78 is 0. The van der Waals surface area contributed by atoms with Crippen LogP contribution in [0.2, 0.25) is 0 Å². The number of hydrogen-bond donors (Lipinski definition) is 2. The zero-order chi connectivity index (χ0) is 13.4. The first-order chi connectivity index (χ1) is 9.18. The second-order valence-electron chi connectivity index (χ2n) is 3.96. The van der Waals surface area contributed by atoms with Gasteiger partial charge in [0.05, 0.1) is 5.69 Å². The van der Waals surface area contributed by atoms with Crippen molar-refractivity contribution in [2.24, 2.45) is 16.6 Å². The number of para-hydroxylation sites is 1. The molecule has 2 heterocycles. The quantitative estimate of drug-likeness (QED) is 0.708. The Labute approximate surface area is 106 Å². The van der Waals surface area contributed by atoms with E-state index in [1.165, 1.54) is 0 Å². The fraction of sp³-hybridized carbons (Fsp3) is 0.0909. The standard InChI is InChI=1S/C11H8N6O2/c12-10(19)7-8(11-14-16-17-15-11)13-6-4-2-1-3-5(6)9(7)18/h1-4,7H,(H2,12,19)(H,14,15,16,17). The van der Waals surface area contributed by atoms with Gasteiger partial charge in [0.2, 0.25) is 5.91 Å². The molecule has 19 heavy (non-hydrogen) atoms. The van der Waals surface area contributed by atoms with Crippen LogP contribution in [0.5, 0.6) is 0 Å². The van der Waals surface area contributed by atoms with Crippen LogP contribution in [0.25, 0.3) is 0 Å². The van der Waals surface area contributed by atoms with Crippen LogP contribution in [0.3, 0.4) is 0 Å². The summed E-state index contributed by atoms with van der Waals surface area (Å²) in [5, 5.41) is 13.0. The molecule has 8 heteroatoms. The zero-order valence-corrected chi connectivity index (χ0v) is 9.57. The van der Waals surface area contributed by atoms with Crippen LogP contribution in [0.15, 0.2) is 29.3 Å². The SMILES string of the molecule is NC(=O)C1C(=O)c2ccccc2N=C1c1nnn[nH]1. The lowest BCUT2D eigenvalue weighted by molar-refractivity contribution is -0.118. The van der Waals surface area contributed by atoms with Crippen LogP contribution >= 0.6 is 0 Å².